The standard InChI is InChI=1S/C29H44N4O4S/c1-6-16-30-26(35)23-22-14-15-29(38-22)24(23)28(37)33(21(17-34)18(5)7-2)25(29)27(36)31-19-10-12-20(13-11-19)32(8-3)9-4/h10-13,18,21-25,34H,6-9,14-17H2,1-5H3,(H,30,35)(H,31,36)/t18-,21-,22-,23+,24-,25?,29?/m0/s1. The Hall–Kier alpha value is -2.26. The van der Waals surface area contributed by atoms with Crippen molar-refractivity contribution < 1.29 is 19.5 Å². The van der Waals surface area contributed by atoms with Crippen LogP contribution >= 0.6 is 11.8 Å². The minimum atomic E-state index is -0.743. The molecule has 8 nitrogen and oxygen atoms in total. The highest BCUT2D eigenvalue weighted by atomic mass is 32.2. The first kappa shape index (κ1) is 28.7. The summed E-state index contributed by atoms with van der Waals surface area (Å²) in [5.74, 6) is -1.47. The monoisotopic (exact) mass is 544 g/mol. The number of nitrogens with zero attached hydrogens (tertiary/aromatic N) is 2. The minimum Gasteiger partial charge on any atom is -0.394 e. The molecule has 3 aliphatic rings. The van der Waals surface area contributed by atoms with Gasteiger partial charge in [0.2, 0.25) is 17.7 Å². The Kier molecular flexibility index (Phi) is 8.97. The second kappa shape index (κ2) is 11.9. The zero-order valence-electron chi connectivity index (χ0n) is 23.4. The smallest absolute Gasteiger partial charge is 0.248 e. The second-order valence-electron chi connectivity index (χ2n) is 10.9. The first-order valence-electron chi connectivity index (χ1n) is 14.3. The van der Waals surface area contributed by atoms with Crippen LogP contribution in [-0.4, -0.2) is 76.0 Å². The van der Waals surface area contributed by atoms with Crippen LogP contribution in [-0.2, 0) is 14.4 Å². The molecule has 0 radical (unpaired) electrons. The molecule has 3 amide bonds. The fourth-order valence-corrected chi connectivity index (χ4v) is 8.99. The van der Waals surface area contributed by atoms with Gasteiger partial charge >= 0.3 is 0 Å². The number of nitrogens with one attached hydrogen (secondary N) is 2. The molecule has 3 heterocycles. The number of likely N-dealkylation sites (tertiary alicyclic amines) is 1. The van der Waals surface area contributed by atoms with E-state index in [9.17, 15) is 19.5 Å². The van der Waals surface area contributed by atoms with Gasteiger partial charge in [-0.05, 0) is 63.3 Å². The Balaban J connectivity index is 1.68. The van der Waals surface area contributed by atoms with E-state index in [-0.39, 0.29) is 35.5 Å². The summed E-state index contributed by atoms with van der Waals surface area (Å²) in [6, 6.07) is 6.59. The van der Waals surface area contributed by atoms with Crippen LogP contribution in [0, 0.1) is 17.8 Å². The summed E-state index contributed by atoms with van der Waals surface area (Å²) in [4.78, 5) is 45.4. The van der Waals surface area contributed by atoms with E-state index < -0.39 is 28.7 Å². The lowest BCUT2D eigenvalue weighted by Crippen LogP contribution is -2.56. The lowest BCUT2D eigenvalue weighted by atomic mass is 9.70. The van der Waals surface area contributed by atoms with Crippen molar-refractivity contribution in [2.24, 2.45) is 17.8 Å². The largest absolute Gasteiger partial charge is 0.394 e. The van der Waals surface area contributed by atoms with Gasteiger partial charge in [0.1, 0.15) is 6.04 Å². The molecule has 210 valence electrons. The Morgan fingerprint density at radius 2 is 1.84 bits per heavy atom. The van der Waals surface area contributed by atoms with Crippen LogP contribution in [0.3, 0.4) is 0 Å². The number of hydrogen-bond acceptors (Lipinski definition) is 6. The Morgan fingerprint density at radius 1 is 1.16 bits per heavy atom. The summed E-state index contributed by atoms with van der Waals surface area (Å²) in [7, 11) is 0. The summed E-state index contributed by atoms with van der Waals surface area (Å²) in [5.41, 5.74) is 1.77. The minimum absolute atomic E-state index is 0.0115. The van der Waals surface area contributed by atoms with E-state index in [2.05, 4.69) is 29.4 Å². The van der Waals surface area contributed by atoms with E-state index in [1.165, 1.54) is 0 Å². The highest BCUT2D eigenvalue weighted by Gasteiger charge is 2.74. The van der Waals surface area contributed by atoms with Crippen LogP contribution in [0.1, 0.15) is 60.3 Å². The van der Waals surface area contributed by atoms with Crippen molar-refractivity contribution in [3.8, 4) is 0 Å². The van der Waals surface area contributed by atoms with Crippen LogP contribution in [0.15, 0.2) is 24.3 Å². The number of carbonyl (C=O) groups is 3. The predicted octanol–water partition coefficient (Wildman–Crippen LogP) is 3.50. The number of hydrogen-bond donors (Lipinski definition) is 3. The van der Waals surface area contributed by atoms with Crippen molar-refractivity contribution in [1.82, 2.24) is 10.2 Å². The van der Waals surface area contributed by atoms with Gasteiger partial charge in [-0.2, -0.15) is 0 Å². The maximum Gasteiger partial charge on any atom is 0.248 e. The number of anilines is 2. The van der Waals surface area contributed by atoms with E-state index >= 15 is 0 Å². The molecule has 9 heteroatoms. The third-order valence-corrected chi connectivity index (χ3v) is 10.9. The molecule has 2 bridgehead atoms. The van der Waals surface area contributed by atoms with Crippen molar-refractivity contribution in [2.45, 2.75) is 82.4 Å². The number of amides is 3. The number of benzene rings is 1. The summed E-state index contributed by atoms with van der Waals surface area (Å²) >= 11 is 1.66. The van der Waals surface area contributed by atoms with E-state index in [4.69, 9.17) is 0 Å². The van der Waals surface area contributed by atoms with E-state index in [0.29, 0.717) is 18.7 Å². The van der Waals surface area contributed by atoms with Crippen LogP contribution in [0.2, 0.25) is 0 Å². The van der Waals surface area contributed by atoms with E-state index in [1.807, 2.05) is 45.0 Å². The van der Waals surface area contributed by atoms with Gasteiger partial charge in [0.25, 0.3) is 0 Å². The maximum atomic E-state index is 14.2. The van der Waals surface area contributed by atoms with Crippen molar-refractivity contribution in [3.63, 3.8) is 0 Å². The number of carbonyl (C=O) groups excluding carboxylic acids is 3. The summed E-state index contributed by atoms with van der Waals surface area (Å²) in [6.45, 7) is 12.4. The molecule has 1 aromatic carbocycles. The molecule has 38 heavy (non-hydrogen) atoms. The Bertz CT molecular complexity index is 1020. The number of aliphatic hydroxyl groups excluding tert-OH is 1. The number of aliphatic hydroxyl groups is 1. The number of rotatable bonds is 12. The van der Waals surface area contributed by atoms with Gasteiger partial charge in [0.05, 0.1) is 29.2 Å². The molecule has 3 fully saturated rings. The average molecular weight is 545 g/mol. The quantitative estimate of drug-likeness (QED) is 0.372. The van der Waals surface area contributed by atoms with Gasteiger partial charge in [0.15, 0.2) is 0 Å². The molecule has 2 unspecified atom stereocenters. The molecule has 3 aliphatic heterocycles. The average Bonchev–Trinajstić information content (AvgIpc) is 3.57. The molecule has 3 N–H and O–H groups in total. The summed E-state index contributed by atoms with van der Waals surface area (Å²) in [5, 5.41) is 16.6. The molecule has 7 atom stereocenters. The van der Waals surface area contributed by atoms with Crippen molar-refractivity contribution >= 4 is 40.9 Å². The van der Waals surface area contributed by atoms with Crippen LogP contribution in [0.4, 0.5) is 11.4 Å². The lowest BCUT2D eigenvalue weighted by Gasteiger charge is -2.39. The molecule has 0 saturated carbocycles. The highest BCUT2D eigenvalue weighted by molar-refractivity contribution is 8.02. The molecular formula is C29H44N4O4S. The first-order valence-corrected chi connectivity index (χ1v) is 15.2. The third-order valence-electron chi connectivity index (χ3n) is 8.95. The normalized spacial score (nSPS) is 29.2. The third kappa shape index (κ3) is 4.81. The van der Waals surface area contributed by atoms with Gasteiger partial charge in [-0.3, -0.25) is 14.4 Å². The zero-order chi connectivity index (χ0) is 27.6. The topological polar surface area (TPSA) is 102 Å². The van der Waals surface area contributed by atoms with Crippen LogP contribution in [0.5, 0.6) is 0 Å². The lowest BCUT2D eigenvalue weighted by molar-refractivity contribution is -0.143. The molecule has 4 rings (SSSR count). The van der Waals surface area contributed by atoms with Crippen molar-refractivity contribution in [2.75, 3.05) is 36.5 Å². The van der Waals surface area contributed by atoms with E-state index in [1.54, 1.807) is 16.7 Å². The zero-order valence-corrected chi connectivity index (χ0v) is 24.2. The van der Waals surface area contributed by atoms with Crippen molar-refractivity contribution in [1.29, 1.82) is 0 Å². The SMILES string of the molecule is CCCNC(=O)[C@@H]1[C@@H]2CCC3(S2)C(C(=O)Nc2ccc(N(CC)CC)cc2)N([C@@H](CO)[C@@H](C)CC)C(=O)[C@H]13. The Morgan fingerprint density at radius 3 is 2.42 bits per heavy atom. The maximum absolute atomic E-state index is 14.2. The van der Waals surface area contributed by atoms with Gasteiger partial charge in [-0.25, -0.2) is 0 Å². The van der Waals surface area contributed by atoms with Crippen molar-refractivity contribution in [3.05, 3.63) is 24.3 Å². The fourth-order valence-electron chi connectivity index (χ4n) is 6.78. The van der Waals surface area contributed by atoms with Gasteiger partial charge < -0.3 is 25.5 Å². The molecule has 0 aromatic heterocycles. The Labute approximate surface area is 231 Å². The molecule has 1 aromatic rings. The van der Waals surface area contributed by atoms with Gasteiger partial charge in [-0.1, -0.05) is 27.2 Å². The predicted molar refractivity (Wildman–Crippen MR) is 153 cm³/mol. The van der Waals surface area contributed by atoms with Gasteiger partial charge in [-0.15, -0.1) is 11.8 Å². The van der Waals surface area contributed by atoms with E-state index in [0.717, 1.165) is 38.0 Å². The molecule has 1 spiro atoms. The summed E-state index contributed by atoms with van der Waals surface area (Å²) in [6.07, 6.45) is 3.11. The molecule has 0 aliphatic carbocycles. The molecular weight excluding hydrogens is 500 g/mol. The molecule has 3 saturated heterocycles. The van der Waals surface area contributed by atoms with Crippen LogP contribution in [0.25, 0.3) is 0 Å². The highest BCUT2D eigenvalue weighted by Crippen LogP contribution is 2.66. The summed E-state index contributed by atoms with van der Waals surface area (Å²) < 4.78 is -0.665. The van der Waals surface area contributed by atoms with Gasteiger partial charge in [0, 0.05) is 36.3 Å². The second-order valence-corrected chi connectivity index (χ2v) is 12.5. The first-order chi connectivity index (χ1) is 18.3. The number of fused-ring (bicyclic) bond motifs is 1. The van der Waals surface area contributed by atoms with Crippen LogP contribution < -0.4 is 15.5 Å². The number of thioether (sulfide) groups is 1. The fraction of sp³-hybridized carbons (Fsp3) is 0.690.